The maximum atomic E-state index is 12.6. The zero-order chi connectivity index (χ0) is 17.4. The molecule has 1 saturated heterocycles. The molecule has 0 unspecified atom stereocenters. The van der Waals surface area contributed by atoms with Gasteiger partial charge >= 0.3 is 0 Å². The number of sulfone groups is 1. The Hall–Kier alpha value is -1.37. The Bertz CT molecular complexity index is 651. The summed E-state index contributed by atoms with van der Waals surface area (Å²) in [7, 11) is -3.60. The highest BCUT2D eigenvalue weighted by molar-refractivity contribution is 7.92. The molecule has 130 valence electrons. The van der Waals surface area contributed by atoms with Crippen LogP contribution < -0.4 is 0 Å². The maximum absolute atomic E-state index is 12.6. The van der Waals surface area contributed by atoms with Crippen molar-refractivity contribution in [2.45, 2.75) is 52.0 Å². The van der Waals surface area contributed by atoms with Crippen LogP contribution in [0.2, 0.25) is 0 Å². The van der Waals surface area contributed by atoms with E-state index >= 15 is 0 Å². The fraction of sp³-hybridized carbons (Fsp3) is 0.750. The van der Waals surface area contributed by atoms with Gasteiger partial charge in [-0.3, -0.25) is 4.79 Å². The molecule has 2 rings (SSSR count). The number of aryl methyl sites for hydroxylation is 2. The molecule has 2 heterocycles. The Kier molecular flexibility index (Phi) is 5.18. The smallest absolute Gasteiger partial charge is 0.240 e. The van der Waals surface area contributed by atoms with Crippen molar-refractivity contribution >= 4 is 15.7 Å². The largest absolute Gasteiger partial charge is 0.361 e. The molecule has 0 spiro atoms. The molecule has 1 aromatic heterocycles. The van der Waals surface area contributed by atoms with E-state index in [0.717, 1.165) is 6.42 Å². The van der Waals surface area contributed by atoms with Crippen molar-refractivity contribution in [1.29, 1.82) is 0 Å². The number of nitrogens with zero attached hydrogens (tertiary/aromatic N) is 2. The molecule has 7 heteroatoms. The van der Waals surface area contributed by atoms with Crippen LogP contribution in [0.5, 0.6) is 0 Å². The summed E-state index contributed by atoms with van der Waals surface area (Å²) < 4.78 is 30.3. The van der Waals surface area contributed by atoms with Crippen LogP contribution in [0.15, 0.2) is 4.52 Å². The van der Waals surface area contributed by atoms with Crippen molar-refractivity contribution in [3.05, 3.63) is 17.0 Å². The lowest BCUT2D eigenvalue weighted by Gasteiger charge is -2.36. The van der Waals surface area contributed by atoms with E-state index in [1.54, 1.807) is 18.7 Å². The average Bonchev–Trinajstić information content (AvgIpc) is 2.76. The predicted octanol–water partition coefficient (Wildman–Crippen LogP) is 2.10. The summed E-state index contributed by atoms with van der Waals surface area (Å²) in [5.74, 6) is 0.793. The van der Waals surface area contributed by atoms with Gasteiger partial charge in [-0.1, -0.05) is 19.0 Å². The van der Waals surface area contributed by atoms with Crippen LogP contribution in [-0.4, -0.2) is 42.7 Å². The first kappa shape index (κ1) is 18.0. The standard InChI is InChI=1S/C16H26N2O4S/c1-10-6-11(2)8-18(7-10)16(19)14(5)23(20,21)9-15-12(3)17-22-13(15)4/h10-11,14H,6-9H2,1-5H3/t10-,11-,14+/m0/s1. The molecule has 6 nitrogen and oxygen atoms in total. The number of hydrogen-bond donors (Lipinski definition) is 0. The SMILES string of the molecule is Cc1noc(C)c1CS(=O)(=O)[C@H](C)C(=O)N1C[C@@H](C)C[C@H](C)C1. The first-order valence-corrected chi connectivity index (χ1v) is 9.75. The molecule has 3 atom stereocenters. The fourth-order valence-electron chi connectivity index (χ4n) is 3.29. The summed E-state index contributed by atoms with van der Waals surface area (Å²) in [5, 5.41) is 2.73. The van der Waals surface area contributed by atoms with Crippen LogP contribution >= 0.6 is 0 Å². The van der Waals surface area contributed by atoms with Crippen molar-refractivity contribution in [3.63, 3.8) is 0 Å². The average molecular weight is 342 g/mol. The molecule has 1 aliphatic rings. The number of aromatic nitrogens is 1. The summed E-state index contributed by atoms with van der Waals surface area (Å²) in [5.41, 5.74) is 1.12. The summed E-state index contributed by atoms with van der Waals surface area (Å²) in [6, 6.07) is 0. The third kappa shape index (κ3) is 3.94. The molecule has 0 bridgehead atoms. The van der Waals surface area contributed by atoms with Gasteiger partial charge in [-0.25, -0.2) is 8.42 Å². The molecular weight excluding hydrogens is 316 g/mol. The van der Waals surface area contributed by atoms with Crippen LogP contribution in [0.1, 0.15) is 44.2 Å². The Morgan fingerprint density at radius 2 is 1.87 bits per heavy atom. The lowest BCUT2D eigenvalue weighted by atomic mass is 9.92. The zero-order valence-electron chi connectivity index (χ0n) is 14.5. The molecular formula is C16H26N2O4S. The summed E-state index contributed by atoms with van der Waals surface area (Å²) in [6.07, 6.45) is 1.07. The quantitative estimate of drug-likeness (QED) is 0.837. The van der Waals surface area contributed by atoms with E-state index in [0.29, 0.717) is 41.9 Å². The fourth-order valence-corrected chi connectivity index (χ4v) is 4.81. The summed E-state index contributed by atoms with van der Waals surface area (Å²) in [4.78, 5) is 14.3. The second-order valence-electron chi connectivity index (χ2n) is 6.94. The molecule has 0 N–H and O–H groups in total. The van der Waals surface area contributed by atoms with Gasteiger partial charge in [-0.05, 0) is 39.0 Å². The topological polar surface area (TPSA) is 80.5 Å². The van der Waals surface area contributed by atoms with Crippen LogP contribution in [0, 0.1) is 25.7 Å². The molecule has 1 amide bonds. The van der Waals surface area contributed by atoms with Crippen LogP contribution in [-0.2, 0) is 20.4 Å². The highest BCUT2D eigenvalue weighted by atomic mass is 32.2. The number of rotatable bonds is 4. The molecule has 23 heavy (non-hydrogen) atoms. The monoisotopic (exact) mass is 342 g/mol. The first-order valence-electron chi connectivity index (χ1n) is 8.04. The highest BCUT2D eigenvalue weighted by Gasteiger charge is 2.35. The molecule has 0 saturated carbocycles. The number of carbonyl (C=O) groups is 1. The van der Waals surface area contributed by atoms with E-state index in [1.165, 1.54) is 6.92 Å². The first-order chi connectivity index (χ1) is 10.6. The van der Waals surface area contributed by atoms with Crippen molar-refractivity contribution in [3.8, 4) is 0 Å². The molecule has 1 aromatic rings. The number of hydrogen-bond acceptors (Lipinski definition) is 5. The van der Waals surface area contributed by atoms with Gasteiger partial charge in [0.05, 0.1) is 11.4 Å². The van der Waals surface area contributed by atoms with Crippen molar-refractivity contribution in [1.82, 2.24) is 10.1 Å². The van der Waals surface area contributed by atoms with Crippen LogP contribution in [0.4, 0.5) is 0 Å². The highest BCUT2D eigenvalue weighted by Crippen LogP contribution is 2.24. The summed E-state index contributed by atoms with van der Waals surface area (Å²) in [6.45, 7) is 10.3. The van der Waals surface area contributed by atoms with Crippen LogP contribution in [0.3, 0.4) is 0 Å². The minimum absolute atomic E-state index is 0.208. The molecule has 1 aliphatic heterocycles. The van der Waals surface area contributed by atoms with Gasteiger partial charge in [-0.15, -0.1) is 0 Å². The van der Waals surface area contributed by atoms with Gasteiger partial charge in [-0.2, -0.15) is 0 Å². The van der Waals surface area contributed by atoms with Crippen molar-refractivity contribution in [2.24, 2.45) is 11.8 Å². The van der Waals surface area contributed by atoms with E-state index in [2.05, 4.69) is 19.0 Å². The Labute approximate surface area is 138 Å². The Morgan fingerprint density at radius 1 is 1.30 bits per heavy atom. The van der Waals surface area contributed by atoms with Gasteiger partial charge < -0.3 is 9.42 Å². The third-order valence-corrected chi connectivity index (χ3v) is 6.56. The zero-order valence-corrected chi connectivity index (χ0v) is 15.3. The second-order valence-corrected chi connectivity index (χ2v) is 9.26. The van der Waals surface area contributed by atoms with E-state index in [-0.39, 0.29) is 11.7 Å². The minimum Gasteiger partial charge on any atom is -0.361 e. The number of piperidine rings is 1. The lowest BCUT2D eigenvalue weighted by molar-refractivity contribution is -0.133. The normalized spacial score (nSPS) is 23.8. The van der Waals surface area contributed by atoms with E-state index in [1.807, 2.05) is 0 Å². The van der Waals surface area contributed by atoms with Gasteiger partial charge in [0, 0.05) is 18.7 Å². The van der Waals surface area contributed by atoms with Gasteiger partial charge in [0.15, 0.2) is 9.84 Å². The number of likely N-dealkylation sites (tertiary alicyclic amines) is 1. The predicted molar refractivity (Wildman–Crippen MR) is 87.6 cm³/mol. The van der Waals surface area contributed by atoms with Gasteiger partial charge in [0.1, 0.15) is 11.0 Å². The van der Waals surface area contributed by atoms with Gasteiger partial charge in [0.2, 0.25) is 5.91 Å². The molecule has 1 fully saturated rings. The molecule has 0 aromatic carbocycles. The molecule has 0 aliphatic carbocycles. The molecule has 0 radical (unpaired) electrons. The second kappa shape index (κ2) is 6.63. The van der Waals surface area contributed by atoms with Crippen molar-refractivity contribution in [2.75, 3.05) is 13.1 Å². The van der Waals surface area contributed by atoms with E-state index in [9.17, 15) is 13.2 Å². The van der Waals surface area contributed by atoms with E-state index < -0.39 is 15.1 Å². The Morgan fingerprint density at radius 3 is 2.35 bits per heavy atom. The minimum atomic E-state index is -3.60. The van der Waals surface area contributed by atoms with E-state index in [4.69, 9.17) is 4.52 Å². The Balaban J connectivity index is 2.14. The summed E-state index contributed by atoms with van der Waals surface area (Å²) >= 11 is 0. The number of amides is 1. The third-order valence-electron chi connectivity index (χ3n) is 4.59. The van der Waals surface area contributed by atoms with Crippen LogP contribution in [0.25, 0.3) is 0 Å². The van der Waals surface area contributed by atoms with Gasteiger partial charge in [0.25, 0.3) is 0 Å². The number of carbonyl (C=O) groups excluding carboxylic acids is 1. The van der Waals surface area contributed by atoms with Crippen molar-refractivity contribution < 1.29 is 17.7 Å². The maximum Gasteiger partial charge on any atom is 0.240 e. The lowest BCUT2D eigenvalue weighted by Crippen LogP contribution is -2.48.